The van der Waals surface area contributed by atoms with Gasteiger partial charge in [-0.05, 0) is 49.2 Å². The SMILES string of the molecule is O=S(=O)(NC[C@@H]1CCCO1)c1ccc(NS(=O)(=O)c2ccccc2)cc1. The summed E-state index contributed by atoms with van der Waals surface area (Å²) in [5, 5.41) is 0. The highest BCUT2D eigenvalue weighted by atomic mass is 32.2. The molecular formula is C17H20N2O5S2. The van der Waals surface area contributed by atoms with E-state index in [4.69, 9.17) is 4.74 Å². The van der Waals surface area contributed by atoms with Crippen LogP contribution >= 0.6 is 0 Å². The van der Waals surface area contributed by atoms with Crippen molar-refractivity contribution in [1.82, 2.24) is 4.72 Å². The van der Waals surface area contributed by atoms with Gasteiger partial charge in [0.2, 0.25) is 10.0 Å². The van der Waals surface area contributed by atoms with Crippen molar-refractivity contribution >= 4 is 25.7 Å². The van der Waals surface area contributed by atoms with E-state index in [1.165, 1.54) is 36.4 Å². The fourth-order valence-corrected chi connectivity index (χ4v) is 4.75. The van der Waals surface area contributed by atoms with Gasteiger partial charge in [0, 0.05) is 18.8 Å². The van der Waals surface area contributed by atoms with Crippen molar-refractivity contribution in [2.24, 2.45) is 0 Å². The van der Waals surface area contributed by atoms with Crippen LogP contribution in [0.3, 0.4) is 0 Å². The summed E-state index contributed by atoms with van der Waals surface area (Å²) < 4.78 is 59.5. The predicted molar refractivity (Wildman–Crippen MR) is 97.9 cm³/mol. The highest BCUT2D eigenvalue weighted by Gasteiger charge is 2.20. The topological polar surface area (TPSA) is 102 Å². The highest BCUT2D eigenvalue weighted by molar-refractivity contribution is 7.92. The molecule has 0 aromatic heterocycles. The average Bonchev–Trinajstić information content (AvgIpc) is 3.15. The molecule has 0 radical (unpaired) electrons. The Bertz CT molecular complexity index is 936. The van der Waals surface area contributed by atoms with Crippen LogP contribution in [0.2, 0.25) is 0 Å². The van der Waals surface area contributed by atoms with Gasteiger partial charge in [-0.15, -0.1) is 0 Å². The van der Waals surface area contributed by atoms with Crippen LogP contribution in [0.1, 0.15) is 12.8 Å². The monoisotopic (exact) mass is 396 g/mol. The van der Waals surface area contributed by atoms with Gasteiger partial charge in [-0.1, -0.05) is 18.2 Å². The number of ether oxygens (including phenoxy) is 1. The third-order valence-corrected chi connectivity index (χ3v) is 6.83. The normalized spacial score (nSPS) is 17.9. The second kappa shape index (κ2) is 7.75. The molecule has 2 N–H and O–H groups in total. The quantitative estimate of drug-likeness (QED) is 0.745. The van der Waals surface area contributed by atoms with Crippen LogP contribution in [0, 0.1) is 0 Å². The van der Waals surface area contributed by atoms with Gasteiger partial charge >= 0.3 is 0 Å². The van der Waals surface area contributed by atoms with Crippen molar-refractivity contribution in [2.45, 2.75) is 28.7 Å². The average molecular weight is 396 g/mol. The van der Waals surface area contributed by atoms with E-state index in [0.29, 0.717) is 6.61 Å². The smallest absolute Gasteiger partial charge is 0.261 e. The molecule has 0 aliphatic carbocycles. The Balaban J connectivity index is 1.68. The molecule has 1 atom stereocenters. The predicted octanol–water partition coefficient (Wildman–Crippen LogP) is 1.94. The third kappa shape index (κ3) is 4.61. The summed E-state index contributed by atoms with van der Waals surface area (Å²) >= 11 is 0. The highest BCUT2D eigenvalue weighted by Crippen LogP contribution is 2.19. The zero-order valence-corrected chi connectivity index (χ0v) is 15.6. The summed E-state index contributed by atoms with van der Waals surface area (Å²) in [6, 6.07) is 13.5. The lowest BCUT2D eigenvalue weighted by Crippen LogP contribution is -2.31. The van der Waals surface area contributed by atoms with Gasteiger partial charge in [-0.2, -0.15) is 0 Å². The number of hydrogen-bond donors (Lipinski definition) is 2. The number of sulfonamides is 2. The molecule has 0 unspecified atom stereocenters. The van der Waals surface area contributed by atoms with Crippen molar-refractivity contribution < 1.29 is 21.6 Å². The van der Waals surface area contributed by atoms with Gasteiger partial charge in [0.05, 0.1) is 15.9 Å². The Morgan fingerprint density at radius 3 is 2.15 bits per heavy atom. The summed E-state index contributed by atoms with van der Waals surface area (Å²) in [4.78, 5) is 0.202. The lowest BCUT2D eigenvalue weighted by Gasteiger charge is -2.12. The van der Waals surface area contributed by atoms with Crippen LogP contribution in [0.5, 0.6) is 0 Å². The molecular weight excluding hydrogens is 376 g/mol. The molecule has 1 aliphatic rings. The van der Waals surface area contributed by atoms with E-state index < -0.39 is 20.0 Å². The first kappa shape index (κ1) is 18.8. The summed E-state index contributed by atoms with van der Waals surface area (Å²) in [5.41, 5.74) is 0.284. The largest absolute Gasteiger partial charge is 0.377 e. The van der Waals surface area contributed by atoms with Gasteiger partial charge in [-0.25, -0.2) is 21.6 Å². The number of benzene rings is 2. The third-order valence-electron chi connectivity index (χ3n) is 4.00. The van der Waals surface area contributed by atoms with Crippen LogP contribution in [0.25, 0.3) is 0 Å². The van der Waals surface area contributed by atoms with Gasteiger partial charge in [-0.3, -0.25) is 4.72 Å². The van der Waals surface area contributed by atoms with Gasteiger partial charge < -0.3 is 4.74 Å². The number of nitrogens with one attached hydrogen (secondary N) is 2. The van der Waals surface area contributed by atoms with Gasteiger partial charge in [0.15, 0.2) is 0 Å². The molecule has 2 aromatic carbocycles. The maximum atomic E-state index is 12.3. The van der Waals surface area contributed by atoms with E-state index in [1.807, 2.05) is 0 Å². The summed E-state index contributed by atoms with van der Waals surface area (Å²) in [7, 11) is -7.38. The molecule has 0 bridgehead atoms. The van der Waals surface area contributed by atoms with E-state index >= 15 is 0 Å². The molecule has 140 valence electrons. The van der Waals surface area contributed by atoms with Crippen molar-refractivity contribution in [3.05, 3.63) is 54.6 Å². The Labute approximate surface area is 153 Å². The lowest BCUT2D eigenvalue weighted by atomic mass is 10.2. The zero-order chi connectivity index (χ0) is 18.6. The molecule has 1 saturated heterocycles. The van der Waals surface area contributed by atoms with E-state index in [2.05, 4.69) is 9.44 Å². The van der Waals surface area contributed by atoms with Crippen LogP contribution in [-0.2, 0) is 24.8 Å². The molecule has 1 fully saturated rings. The minimum absolute atomic E-state index is 0.0677. The molecule has 1 aliphatic heterocycles. The van der Waals surface area contributed by atoms with Crippen molar-refractivity contribution in [3.8, 4) is 0 Å². The molecule has 0 saturated carbocycles. The Morgan fingerprint density at radius 2 is 1.54 bits per heavy atom. The van der Waals surface area contributed by atoms with Crippen molar-refractivity contribution in [1.29, 1.82) is 0 Å². The molecule has 0 spiro atoms. The number of rotatable bonds is 7. The van der Waals surface area contributed by atoms with Crippen LogP contribution < -0.4 is 9.44 Å². The van der Waals surface area contributed by atoms with Gasteiger partial charge in [0.25, 0.3) is 10.0 Å². The molecule has 3 rings (SSSR count). The molecule has 0 amide bonds. The molecule has 26 heavy (non-hydrogen) atoms. The standard InChI is InChI=1S/C17H20N2O5S2/c20-25(21,18-13-15-5-4-12-24-15)17-10-8-14(9-11-17)19-26(22,23)16-6-2-1-3-7-16/h1-3,6-11,15,18-19H,4-5,12-13H2/t15-/m0/s1. The first-order chi connectivity index (χ1) is 12.4. The Morgan fingerprint density at radius 1 is 0.885 bits per heavy atom. The van der Waals surface area contributed by atoms with Crippen LogP contribution in [0.4, 0.5) is 5.69 Å². The molecule has 9 heteroatoms. The minimum Gasteiger partial charge on any atom is -0.377 e. The van der Waals surface area contributed by atoms with E-state index in [9.17, 15) is 16.8 Å². The van der Waals surface area contributed by atoms with Gasteiger partial charge in [0.1, 0.15) is 0 Å². The fraction of sp³-hybridized carbons (Fsp3) is 0.294. The first-order valence-corrected chi connectivity index (χ1v) is 11.1. The van der Waals surface area contributed by atoms with E-state index in [-0.39, 0.29) is 28.1 Å². The summed E-state index contributed by atoms with van der Waals surface area (Å²) in [5.74, 6) is 0. The summed E-state index contributed by atoms with van der Waals surface area (Å²) in [6.45, 7) is 0.882. The second-order valence-corrected chi connectivity index (χ2v) is 9.38. The second-order valence-electron chi connectivity index (χ2n) is 5.93. The number of anilines is 1. The fourth-order valence-electron chi connectivity index (χ4n) is 2.61. The molecule has 2 aromatic rings. The maximum Gasteiger partial charge on any atom is 0.261 e. The Hall–Kier alpha value is -1.94. The van der Waals surface area contributed by atoms with Crippen molar-refractivity contribution in [3.63, 3.8) is 0 Å². The molecule has 1 heterocycles. The van der Waals surface area contributed by atoms with E-state index in [1.54, 1.807) is 18.2 Å². The van der Waals surface area contributed by atoms with Crippen molar-refractivity contribution in [2.75, 3.05) is 17.9 Å². The minimum atomic E-state index is -3.71. The Kier molecular flexibility index (Phi) is 5.61. The lowest BCUT2D eigenvalue weighted by molar-refractivity contribution is 0.114. The molecule has 7 nitrogen and oxygen atoms in total. The summed E-state index contributed by atoms with van der Waals surface area (Å²) in [6.07, 6.45) is 1.67. The zero-order valence-electron chi connectivity index (χ0n) is 14.0. The van der Waals surface area contributed by atoms with Crippen LogP contribution in [-0.4, -0.2) is 36.1 Å². The first-order valence-electron chi connectivity index (χ1n) is 8.16. The number of hydrogen-bond acceptors (Lipinski definition) is 5. The van der Waals surface area contributed by atoms with E-state index in [0.717, 1.165) is 12.8 Å². The van der Waals surface area contributed by atoms with Crippen LogP contribution in [0.15, 0.2) is 64.4 Å². The maximum absolute atomic E-state index is 12.3.